The molecule has 0 heterocycles. The fourth-order valence-electron chi connectivity index (χ4n) is 2.53. The quantitative estimate of drug-likeness (QED) is 0.855. The van der Waals surface area contributed by atoms with Gasteiger partial charge in [-0.15, -0.1) is 0 Å². The minimum atomic E-state index is -0.0103. The Labute approximate surface area is 126 Å². The van der Waals surface area contributed by atoms with E-state index in [4.69, 9.17) is 17.3 Å². The molecule has 0 aliphatic heterocycles. The van der Waals surface area contributed by atoms with Crippen LogP contribution in [0.15, 0.2) is 48.5 Å². The highest BCUT2D eigenvalue weighted by Crippen LogP contribution is 2.30. The van der Waals surface area contributed by atoms with Gasteiger partial charge in [-0.1, -0.05) is 68.8 Å². The lowest BCUT2D eigenvalue weighted by Gasteiger charge is -2.26. The molecule has 0 spiro atoms. The number of halogens is 1. The first kappa shape index (κ1) is 15.1. The van der Waals surface area contributed by atoms with Gasteiger partial charge in [0.05, 0.1) is 0 Å². The summed E-state index contributed by atoms with van der Waals surface area (Å²) in [6.45, 7) is 6.66. The third-order valence-electron chi connectivity index (χ3n) is 3.51. The molecule has 20 heavy (non-hydrogen) atoms. The zero-order valence-electron chi connectivity index (χ0n) is 12.4. The highest BCUT2D eigenvalue weighted by Gasteiger charge is 2.20. The smallest absolute Gasteiger partial charge is 0.0408 e. The van der Waals surface area contributed by atoms with Gasteiger partial charge in [-0.25, -0.2) is 0 Å². The monoisotopic (exact) mass is 287 g/mol. The standard InChI is InChI=1S/C18H22ClN/c1-18(2,3)16-10-5-4-9-15(16)17(20)12-13-7-6-8-14(19)11-13/h4-11,17H,12,20H2,1-3H3. The molecule has 1 atom stereocenters. The van der Waals surface area contributed by atoms with E-state index in [0.717, 1.165) is 11.4 Å². The zero-order valence-corrected chi connectivity index (χ0v) is 13.1. The van der Waals surface area contributed by atoms with Crippen LogP contribution < -0.4 is 5.73 Å². The van der Waals surface area contributed by atoms with Crippen LogP contribution in [0.4, 0.5) is 0 Å². The Morgan fingerprint density at radius 1 is 1.05 bits per heavy atom. The molecule has 0 saturated heterocycles. The van der Waals surface area contributed by atoms with Gasteiger partial charge >= 0.3 is 0 Å². The van der Waals surface area contributed by atoms with Crippen molar-refractivity contribution >= 4 is 11.6 Å². The van der Waals surface area contributed by atoms with Gasteiger partial charge in [0.2, 0.25) is 0 Å². The highest BCUT2D eigenvalue weighted by molar-refractivity contribution is 6.30. The van der Waals surface area contributed by atoms with Gasteiger partial charge < -0.3 is 5.73 Å². The summed E-state index contributed by atoms with van der Waals surface area (Å²) in [5, 5.41) is 0.763. The van der Waals surface area contributed by atoms with Crippen molar-refractivity contribution in [1.29, 1.82) is 0 Å². The SMILES string of the molecule is CC(C)(C)c1ccccc1C(N)Cc1cccc(Cl)c1. The average molecular weight is 288 g/mol. The van der Waals surface area contributed by atoms with Gasteiger partial charge in [-0.05, 0) is 40.7 Å². The average Bonchev–Trinajstić information content (AvgIpc) is 2.37. The third kappa shape index (κ3) is 3.62. The van der Waals surface area contributed by atoms with Crippen LogP contribution in [0.25, 0.3) is 0 Å². The molecule has 2 aromatic carbocycles. The van der Waals surface area contributed by atoms with E-state index in [-0.39, 0.29) is 11.5 Å². The fourth-order valence-corrected chi connectivity index (χ4v) is 2.74. The number of rotatable bonds is 3. The number of nitrogens with two attached hydrogens (primary N) is 1. The summed E-state index contributed by atoms with van der Waals surface area (Å²) >= 11 is 6.04. The van der Waals surface area contributed by atoms with Crippen LogP contribution in [-0.2, 0) is 11.8 Å². The molecule has 0 radical (unpaired) electrons. The van der Waals surface area contributed by atoms with Crippen molar-refractivity contribution in [2.45, 2.75) is 38.6 Å². The van der Waals surface area contributed by atoms with E-state index in [0.29, 0.717) is 0 Å². The molecule has 2 heteroatoms. The van der Waals surface area contributed by atoms with Crippen LogP contribution in [0.2, 0.25) is 5.02 Å². The Morgan fingerprint density at radius 3 is 2.40 bits per heavy atom. The first-order valence-corrected chi connectivity index (χ1v) is 7.35. The maximum atomic E-state index is 6.43. The largest absolute Gasteiger partial charge is 0.324 e. The second-order valence-electron chi connectivity index (χ2n) is 6.28. The van der Waals surface area contributed by atoms with Crippen molar-refractivity contribution in [3.05, 3.63) is 70.2 Å². The van der Waals surface area contributed by atoms with Crippen molar-refractivity contribution in [3.8, 4) is 0 Å². The second kappa shape index (κ2) is 5.99. The molecule has 1 nitrogen and oxygen atoms in total. The Balaban J connectivity index is 2.28. The summed E-state index contributed by atoms with van der Waals surface area (Å²) in [6, 6.07) is 16.4. The van der Waals surface area contributed by atoms with E-state index in [9.17, 15) is 0 Å². The van der Waals surface area contributed by atoms with E-state index < -0.39 is 0 Å². The Hall–Kier alpha value is -1.31. The lowest BCUT2D eigenvalue weighted by atomic mass is 9.81. The van der Waals surface area contributed by atoms with E-state index in [1.807, 2.05) is 18.2 Å². The van der Waals surface area contributed by atoms with E-state index in [1.165, 1.54) is 16.7 Å². The molecule has 2 aromatic rings. The summed E-state index contributed by atoms with van der Waals surface area (Å²) in [5.41, 5.74) is 10.2. The Morgan fingerprint density at radius 2 is 1.75 bits per heavy atom. The minimum absolute atomic E-state index is 0.0103. The third-order valence-corrected chi connectivity index (χ3v) is 3.75. The first-order valence-electron chi connectivity index (χ1n) is 6.97. The zero-order chi connectivity index (χ0) is 14.8. The molecule has 0 bridgehead atoms. The molecule has 0 fully saturated rings. The number of hydrogen-bond donors (Lipinski definition) is 1. The summed E-state index contributed by atoms with van der Waals surface area (Å²) < 4.78 is 0. The van der Waals surface area contributed by atoms with Crippen LogP contribution in [0.1, 0.15) is 43.5 Å². The van der Waals surface area contributed by atoms with E-state index in [1.54, 1.807) is 0 Å². The molecule has 1 unspecified atom stereocenters. The van der Waals surface area contributed by atoms with Gasteiger partial charge in [0, 0.05) is 11.1 Å². The maximum absolute atomic E-state index is 6.43. The van der Waals surface area contributed by atoms with Gasteiger partial charge in [0.25, 0.3) is 0 Å². The maximum Gasteiger partial charge on any atom is 0.0408 e. The molecule has 0 aliphatic rings. The van der Waals surface area contributed by atoms with Gasteiger partial charge in [-0.2, -0.15) is 0 Å². The summed E-state index contributed by atoms with van der Waals surface area (Å²) in [4.78, 5) is 0. The number of benzene rings is 2. The molecular weight excluding hydrogens is 266 g/mol. The summed E-state index contributed by atoms with van der Waals surface area (Å²) in [7, 11) is 0. The molecule has 2 N–H and O–H groups in total. The van der Waals surface area contributed by atoms with E-state index >= 15 is 0 Å². The lowest BCUT2D eigenvalue weighted by Crippen LogP contribution is -2.21. The van der Waals surface area contributed by atoms with Gasteiger partial charge in [-0.3, -0.25) is 0 Å². The summed E-state index contributed by atoms with van der Waals surface area (Å²) in [6.07, 6.45) is 0.799. The molecular formula is C18H22ClN. The Kier molecular flexibility index (Phi) is 4.52. The van der Waals surface area contributed by atoms with Crippen molar-refractivity contribution in [3.63, 3.8) is 0 Å². The normalized spacial score (nSPS) is 13.2. The van der Waals surface area contributed by atoms with Crippen molar-refractivity contribution < 1.29 is 0 Å². The molecule has 0 amide bonds. The molecule has 0 aliphatic carbocycles. The van der Waals surface area contributed by atoms with Gasteiger partial charge in [0.15, 0.2) is 0 Å². The van der Waals surface area contributed by atoms with E-state index in [2.05, 4.69) is 51.1 Å². The predicted octanol–water partition coefficient (Wildman–Crippen LogP) is 4.88. The van der Waals surface area contributed by atoms with Crippen molar-refractivity contribution in [2.75, 3.05) is 0 Å². The van der Waals surface area contributed by atoms with Crippen molar-refractivity contribution in [2.24, 2.45) is 5.73 Å². The number of hydrogen-bond acceptors (Lipinski definition) is 1. The molecule has 0 aromatic heterocycles. The van der Waals surface area contributed by atoms with Gasteiger partial charge in [0.1, 0.15) is 0 Å². The first-order chi connectivity index (χ1) is 9.38. The molecule has 2 rings (SSSR count). The summed E-state index contributed by atoms with van der Waals surface area (Å²) in [5.74, 6) is 0. The van der Waals surface area contributed by atoms with Crippen LogP contribution in [0, 0.1) is 0 Å². The predicted molar refractivity (Wildman–Crippen MR) is 87.2 cm³/mol. The van der Waals surface area contributed by atoms with Crippen LogP contribution >= 0.6 is 11.6 Å². The fraction of sp³-hybridized carbons (Fsp3) is 0.333. The van der Waals surface area contributed by atoms with Crippen LogP contribution in [0.5, 0.6) is 0 Å². The van der Waals surface area contributed by atoms with Crippen LogP contribution in [0.3, 0.4) is 0 Å². The molecule has 0 saturated carbocycles. The second-order valence-corrected chi connectivity index (χ2v) is 6.71. The van der Waals surface area contributed by atoms with Crippen LogP contribution in [-0.4, -0.2) is 0 Å². The topological polar surface area (TPSA) is 26.0 Å². The molecule has 106 valence electrons. The minimum Gasteiger partial charge on any atom is -0.324 e. The lowest BCUT2D eigenvalue weighted by molar-refractivity contribution is 0.568. The highest BCUT2D eigenvalue weighted by atomic mass is 35.5. The van der Waals surface area contributed by atoms with Crippen molar-refractivity contribution in [1.82, 2.24) is 0 Å². The Bertz CT molecular complexity index is 584.